The molecule has 0 aromatic carbocycles. The second kappa shape index (κ2) is 7.33. The quantitative estimate of drug-likeness (QED) is 0.771. The molecule has 0 aliphatic heterocycles. The Balaban J connectivity index is 2.30. The molecule has 0 saturated carbocycles. The lowest BCUT2D eigenvalue weighted by Gasteiger charge is -2.10. The number of aromatic nitrogens is 1. The molecular weight excluding hydrogens is 257 g/mol. The highest BCUT2D eigenvalue weighted by Gasteiger charge is 2.30. The van der Waals surface area contributed by atoms with Crippen LogP contribution in [0.3, 0.4) is 0 Å². The SMILES string of the molecule is CC(C)OCCCCNc1cc(C(F)(F)F)ccn1. The van der Waals surface area contributed by atoms with E-state index in [0.29, 0.717) is 13.2 Å². The van der Waals surface area contributed by atoms with Gasteiger partial charge in [0.05, 0.1) is 11.7 Å². The van der Waals surface area contributed by atoms with Crippen molar-refractivity contribution in [1.82, 2.24) is 4.98 Å². The number of ether oxygens (including phenoxy) is 1. The van der Waals surface area contributed by atoms with Crippen molar-refractivity contribution in [2.24, 2.45) is 0 Å². The van der Waals surface area contributed by atoms with Crippen LogP contribution in [0.1, 0.15) is 32.3 Å². The van der Waals surface area contributed by atoms with Crippen LogP contribution < -0.4 is 5.32 Å². The van der Waals surface area contributed by atoms with Gasteiger partial charge in [-0.25, -0.2) is 4.98 Å². The van der Waals surface area contributed by atoms with Gasteiger partial charge in [-0.3, -0.25) is 0 Å². The molecule has 1 N–H and O–H groups in total. The van der Waals surface area contributed by atoms with E-state index in [4.69, 9.17) is 4.74 Å². The third-order valence-electron chi connectivity index (χ3n) is 2.42. The molecule has 0 amide bonds. The predicted octanol–water partition coefficient (Wildman–Crippen LogP) is 3.72. The molecule has 0 atom stereocenters. The number of nitrogens with one attached hydrogen (secondary N) is 1. The minimum Gasteiger partial charge on any atom is -0.379 e. The third kappa shape index (κ3) is 6.42. The molecule has 1 heterocycles. The Morgan fingerprint density at radius 3 is 2.68 bits per heavy atom. The van der Waals surface area contributed by atoms with Crippen LogP contribution in [-0.4, -0.2) is 24.2 Å². The van der Waals surface area contributed by atoms with Crippen LogP contribution in [0.5, 0.6) is 0 Å². The summed E-state index contributed by atoms with van der Waals surface area (Å²) in [5.74, 6) is 0.250. The van der Waals surface area contributed by atoms with Crippen LogP contribution in [0.2, 0.25) is 0 Å². The molecule has 0 aliphatic rings. The Hall–Kier alpha value is -1.30. The van der Waals surface area contributed by atoms with E-state index in [-0.39, 0.29) is 11.9 Å². The first-order chi connectivity index (χ1) is 8.89. The summed E-state index contributed by atoms with van der Waals surface area (Å²) >= 11 is 0. The first kappa shape index (κ1) is 15.8. The maximum atomic E-state index is 12.5. The number of pyridine rings is 1. The van der Waals surface area contributed by atoms with Gasteiger partial charge in [0.2, 0.25) is 0 Å². The summed E-state index contributed by atoms with van der Waals surface area (Å²) in [6, 6.07) is 1.98. The maximum absolute atomic E-state index is 12.5. The predicted molar refractivity (Wildman–Crippen MR) is 68.1 cm³/mol. The van der Waals surface area contributed by atoms with Crippen LogP contribution in [0.25, 0.3) is 0 Å². The van der Waals surface area contributed by atoms with Crippen molar-refractivity contribution in [1.29, 1.82) is 0 Å². The van der Waals surface area contributed by atoms with E-state index >= 15 is 0 Å². The second-order valence-electron chi connectivity index (χ2n) is 4.48. The van der Waals surface area contributed by atoms with Gasteiger partial charge in [-0.2, -0.15) is 13.2 Å². The van der Waals surface area contributed by atoms with Gasteiger partial charge in [0.15, 0.2) is 0 Å². The number of halogens is 3. The second-order valence-corrected chi connectivity index (χ2v) is 4.48. The van der Waals surface area contributed by atoms with Gasteiger partial charge in [0.25, 0.3) is 0 Å². The minimum absolute atomic E-state index is 0.207. The van der Waals surface area contributed by atoms with Gasteiger partial charge in [-0.15, -0.1) is 0 Å². The van der Waals surface area contributed by atoms with Gasteiger partial charge in [-0.1, -0.05) is 0 Å². The molecule has 0 saturated heterocycles. The number of rotatable bonds is 7. The molecule has 0 radical (unpaired) electrons. The van der Waals surface area contributed by atoms with Crippen LogP contribution >= 0.6 is 0 Å². The van der Waals surface area contributed by atoms with Crippen LogP contribution in [0.4, 0.5) is 19.0 Å². The maximum Gasteiger partial charge on any atom is 0.416 e. The number of alkyl halides is 3. The lowest BCUT2D eigenvalue weighted by molar-refractivity contribution is -0.137. The molecule has 1 aromatic rings. The highest BCUT2D eigenvalue weighted by molar-refractivity contribution is 5.38. The fraction of sp³-hybridized carbons (Fsp3) is 0.615. The first-order valence-corrected chi connectivity index (χ1v) is 6.28. The Kier molecular flexibility index (Phi) is 6.08. The number of hydrogen-bond donors (Lipinski definition) is 1. The van der Waals surface area contributed by atoms with Crippen molar-refractivity contribution in [3.63, 3.8) is 0 Å². The van der Waals surface area contributed by atoms with E-state index in [1.54, 1.807) is 0 Å². The Bertz CT molecular complexity index is 380. The van der Waals surface area contributed by atoms with E-state index in [1.807, 2.05) is 13.8 Å². The molecule has 19 heavy (non-hydrogen) atoms. The summed E-state index contributed by atoms with van der Waals surface area (Å²) in [5, 5.41) is 2.88. The molecule has 0 aliphatic carbocycles. The number of anilines is 1. The number of nitrogens with zero attached hydrogens (tertiary/aromatic N) is 1. The van der Waals surface area contributed by atoms with Crippen molar-refractivity contribution in [3.8, 4) is 0 Å². The molecule has 0 fully saturated rings. The zero-order chi connectivity index (χ0) is 14.3. The molecule has 1 rings (SSSR count). The van der Waals surface area contributed by atoms with Crippen molar-refractivity contribution in [3.05, 3.63) is 23.9 Å². The Morgan fingerprint density at radius 2 is 2.05 bits per heavy atom. The summed E-state index contributed by atoms with van der Waals surface area (Å²) in [6.07, 6.45) is -1.27. The fourth-order valence-electron chi connectivity index (χ4n) is 1.47. The summed E-state index contributed by atoms with van der Waals surface area (Å²) in [6.45, 7) is 5.17. The van der Waals surface area contributed by atoms with Crippen LogP contribution in [-0.2, 0) is 10.9 Å². The first-order valence-electron chi connectivity index (χ1n) is 6.28. The van der Waals surface area contributed by atoms with Crippen molar-refractivity contribution in [2.75, 3.05) is 18.5 Å². The van der Waals surface area contributed by atoms with Gasteiger partial charge < -0.3 is 10.1 Å². The Morgan fingerprint density at radius 1 is 1.32 bits per heavy atom. The average molecular weight is 276 g/mol. The van der Waals surface area contributed by atoms with Crippen LogP contribution in [0.15, 0.2) is 18.3 Å². The highest BCUT2D eigenvalue weighted by atomic mass is 19.4. The zero-order valence-corrected chi connectivity index (χ0v) is 11.1. The van der Waals surface area contributed by atoms with Crippen molar-refractivity contribution >= 4 is 5.82 Å². The van der Waals surface area contributed by atoms with E-state index in [9.17, 15) is 13.2 Å². The largest absolute Gasteiger partial charge is 0.416 e. The van der Waals surface area contributed by atoms with E-state index in [0.717, 1.165) is 31.2 Å². The lowest BCUT2D eigenvalue weighted by atomic mass is 10.2. The van der Waals surface area contributed by atoms with Crippen LogP contribution in [0, 0.1) is 0 Å². The van der Waals surface area contributed by atoms with E-state index in [2.05, 4.69) is 10.3 Å². The normalized spacial score (nSPS) is 11.9. The molecule has 0 unspecified atom stereocenters. The van der Waals surface area contributed by atoms with E-state index < -0.39 is 11.7 Å². The van der Waals surface area contributed by atoms with Gasteiger partial charge in [0.1, 0.15) is 5.82 Å². The molecule has 108 valence electrons. The lowest BCUT2D eigenvalue weighted by Crippen LogP contribution is -2.09. The number of hydrogen-bond acceptors (Lipinski definition) is 3. The van der Waals surface area contributed by atoms with Crippen molar-refractivity contribution < 1.29 is 17.9 Å². The van der Waals surface area contributed by atoms with Gasteiger partial charge in [0, 0.05) is 19.3 Å². The number of unbranched alkanes of at least 4 members (excludes halogenated alkanes) is 1. The minimum atomic E-state index is -4.33. The molecule has 0 spiro atoms. The standard InChI is InChI=1S/C13H19F3N2O/c1-10(2)19-8-4-3-6-17-12-9-11(5-7-18-12)13(14,15)16/h5,7,9-10H,3-4,6,8H2,1-2H3,(H,17,18). The van der Waals surface area contributed by atoms with Gasteiger partial charge in [-0.05, 0) is 38.8 Å². The van der Waals surface area contributed by atoms with E-state index in [1.165, 1.54) is 0 Å². The smallest absolute Gasteiger partial charge is 0.379 e. The monoisotopic (exact) mass is 276 g/mol. The average Bonchev–Trinajstić information content (AvgIpc) is 2.32. The molecular formula is C13H19F3N2O. The molecule has 1 aromatic heterocycles. The fourth-order valence-corrected chi connectivity index (χ4v) is 1.47. The zero-order valence-electron chi connectivity index (χ0n) is 11.1. The topological polar surface area (TPSA) is 34.1 Å². The summed E-state index contributed by atoms with van der Waals surface area (Å²) in [5.41, 5.74) is -0.687. The Labute approximate surface area is 111 Å². The molecule has 6 heteroatoms. The molecule has 3 nitrogen and oxygen atoms in total. The van der Waals surface area contributed by atoms with Gasteiger partial charge >= 0.3 is 6.18 Å². The van der Waals surface area contributed by atoms with Crippen molar-refractivity contribution in [2.45, 2.75) is 39.0 Å². The highest BCUT2D eigenvalue weighted by Crippen LogP contribution is 2.29. The summed E-state index contributed by atoms with van der Waals surface area (Å²) < 4.78 is 42.7. The summed E-state index contributed by atoms with van der Waals surface area (Å²) in [4.78, 5) is 3.86. The third-order valence-corrected chi connectivity index (χ3v) is 2.42. The summed E-state index contributed by atoms with van der Waals surface area (Å²) in [7, 11) is 0. The molecule has 0 bridgehead atoms.